The molecule has 0 N–H and O–H groups in total. The molecule has 1 amide bonds. The molecule has 0 fully saturated rings. The summed E-state index contributed by atoms with van der Waals surface area (Å²) in [5, 5.41) is 0.665. The van der Waals surface area contributed by atoms with Crippen LogP contribution in [0.2, 0.25) is 5.02 Å². The molecule has 3 nitrogen and oxygen atoms in total. The van der Waals surface area contributed by atoms with E-state index >= 15 is 0 Å². The average molecular weight is 261 g/mol. The molecule has 2 aromatic rings. The lowest BCUT2D eigenvalue weighted by molar-refractivity contribution is 0.0779. The van der Waals surface area contributed by atoms with E-state index in [-0.39, 0.29) is 5.91 Å². The number of rotatable bonds is 3. The molecule has 2 rings (SSSR count). The first kappa shape index (κ1) is 12.6. The minimum absolute atomic E-state index is 0.115. The Morgan fingerprint density at radius 2 is 1.94 bits per heavy atom. The van der Waals surface area contributed by atoms with Crippen molar-refractivity contribution >= 4 is 17.5 Å². The first-order chi connectivity index (χ1) is 8.68. The number of hydrogen-bond acceptors (Lipinski definition) is 2. The summed E-state index contributed by atoms with van der Waals surface area (Å²) >= 11 is 6.07. The van der Waals surface area contributed by atoms with Gasteiger partial charge in [-0.25, -0.2) is 0 Å². The Morgan fingerprint density at radius 3 is 2.61 bits per heavy atom. The fraction of sp³-hybridized carbons (Fsp3) is 0.143. The van der Waals surface area contributed by atoms with Crippen molar-refractivity contribution in [3.05, 3.63) is 64.9 Å². The van der Waals surface area contributed by atoms with Gasteiger partial charge in [0.2, 0.25) is 0 Å². The highest BCUT2D eigenvalue weighted by molar-refractivity contribution is 6.31. The van der Waals surface area contributed by atoms with E-state index in [2.05, 4.69) is 4.98 Å². The van der Waals surface area contributed by atoms with Crippen LogP contribution in [-0.4, -0.2) is 22.8 Å². The SMILES string of the molecule is CN(Cc1ccccc1Cl)C(=O)c1ccccn1. The van der Waals surface area contributed by atoms with Gasteiger partial charge in [-0.15, -0.1) is 0 Å². The molecule has 1 heterocycles. The maximum atomic E-state index is 12.1. The van der Waals surface area contributed by atoms with E-state index in [1.54, 1.807) is 36.3 Å². The molecule has 0 radical (unpaired) electrons. The summed E-state index contributed by atoms with van der Waals surface area (Å²) in [7, 11) is 1.74. The van der Waals surface area contributed by atoms with Crippen LogP contribution in [0.1, 0.15) is 16.1 Å². The highest BCUT2D eigenvalue weighted by Crippen LogP contribution is 2.17. The number of carbonyl (C=O) groups excluding carboxylic acids is 1. The maximum Gasteiger partial charge on any atom is 0.272 e. The Labute approximate surface area is 111 Å². The first-order valence-corrected chi connectivity index (χ1v) is 5.96. The van der Waals surface area contributed by atoms with Crippen molar-refractivity contribution in [3.8, 4) is 0 Å². The van der Waals surface area contributed by atoms with Gasteiger partial charge in [0.05, 0.1) is 0 Å². The Bertz CT molecular complexity index is 543. The number of aromatic nitrogens is 1. The minimum atomic E-state index is -0.115. The molecule has 18 heavy (non-hydrogen) atoms. The predicted molar refractivity (Wildman–Crippen MR) is 71.5 cm³/mol. The van der Waals surface area contributed by atoms with E-state index < -0.39 is 0 Å². The summed E-state index contributed by atoms with van der Waals surface area (Å²) in [5.74, 6) is -0.115. The van der Waals surface area contributed by atoms with Gasteiger partial charge < -0.3 is 4.90 Å². The van der Waals surface area contributed by atoms with Crippen molar-refractivity contribution in [2.75, 3.05) is 7.05 Å². The van der Waals surface area contributed by atoms with Gasteiger partial charge in [0, 0.05) is 24.8 Å². The van der Waals surface area contributed by atoms with Crippen LogP contribution in [0.25, 0.3) is 0 Å². The fourth-order valence-corrected chi connectivity index (χ4v) is 1.83. The Kier molecular flexibility index (Phi) is 3.95. The largest absolute Gasteiger partial charge is 0.336 e. The molecule has 0 aliphatic heterocycles. The van der Waals surface area contributed by atoms with E-state index in [1.165, 1.54) is 0 Å². The lowest BCUT2D eigenvalue weighted by Crippen LogP contribution is -2.27. The highest BCUT2D eigenvalue weighted by atomic mass is 35.5. The van der Waals surface area contributed by atoms with Crippen molar-refractivity contribution in [2.45, 2.75) is 6.54 Å². The van der Waals surface area contributed by atoms with Crippen LogP contribution in [0, 0.1) is 0 Å². The van der Waals surface area contributed by atoms with E-state index in [0.29, 0.717) is 17.3 Å². The van der Waals surface area contributed by atoms with E-state index in [1.807, 2.05) is 24.3 Å². The monoisotopic (exact) mass is 260 g/mol. The van der Waals surface area contributed by atoms with Crippen molar-refractivity contribution < 1.29 is 4.79 Å². The van der Waals surface area contributed by atoms with Gasteiger partial charge in [0.25, 0.3) is 5.91 Å². The summed E-state index contributed by atoms with van der Waals surface area (Å²) in [4.78, 5) is 17.7. The zero-order valence-corrected chi connectivity index (χ0v) is 10.8. The van der Waals surface area contributed by atoms with Gasteiger partial charge >= 0.3 is 0 Å². The van der Waals surface area contributed by atoms with Crippen molar-refractivity contribution in [1.82, 2.24) is 9.88 Å². The summed E-state index contributed by atoms with van der Waals surface area (Å²) in [6.45, 7) is 0.467. The fourth-order valence-electron chi connectivity index (χ4n) is 1.64. The molecule has 0 saturated heterocycles. The van der Waals surface area contributed by atoms with Crippen LogP contribution in [0.4, 0.5) is 0 Å². The summed E-state index contributed by atoms with van der Waals surface area (Å²) in [5.41, 5.74) is 1.36. The zero-order valence-electron chi connectivity index (χ0n) is 10.0. The lowest BCUT2D eigenvalue weighted by Gasteiger charge is -2.17. The van der Waals surface area contributed by atoms with Gasteiger partial charge in [-0.2, -0.15) is 0 Å². The molecule has 0 atom stereocenters. The molecule has 0 aliphatic rings. The Balaban J connectivity index is 2.11. The van der Waals surface area contributed by atoms with Crippen LogP contribution in [0.5, 0.6) is 0 Å². The number of benzene rings is 1. The van der Waals surface area contributed by atoms with Crippen LogP contribution < -0.4 is 0 Å². The summed E-state index contributed by atoms with van der Waals surface area (Å²) < 4.78 is 0. The molecular weight excluding hydrogens is 248 g/mol. The number of halogens is 1. The third-order valence-electron chi connectivity index (χ3n) is 2.60. The Morgan fingerprint density at radius 1 is 1.22 bits per heavy atom. The zero-order chi connectivity index (χ0) is 13.0. The van der Waals surface area contributed by atoms with Crippen LogP contribution in [0.3, 0.4) is 0 Å². The van der Waals surface area contributed by atoms with Gasteiger partial charge in [-0.3, -0.25) is 9.78 Å². The molecule has 1 aromatic carbocycles. The molecule has 0 bridgehead atoms. The molecule has 0 saturated carbocycles. The highest BCUT2D eigenvalue weighted by Gasteiger charge is 2.13. The van der Waals surface area contributed by atoms with E-state index in [4.69, 9.17) is 11.6 Å². The molecule has 0 aliphatic carbocycles. The maximum absolute atomic E-state index is 12.1. The average Bonchev–Trinajstić information content (AvgIpc) is 2.41. The van der Waals surface area contributed by atoms with Gasteiger partial charge in [-0.1, -0.05) is 35.9 Å². The number of amides is 1. The quantitative estimate of drug-likeness (QED) is 0.850. The molecule has 4 heteroatoms. The molecule has 0 spiro atoms. The number of hydrogen-bond donors (Lipinski definition) is 0. The third kappa shape index (κ3) is 2.87. The second-order valence-corrected chi connectivity index (χ2v) is 4.37. The normalized spacial score (nSPS) is 10.1. The standard InChI is InChI=1S/C14H13ClN2O/c1-17(10-11-6-2-3-7-12(11)15)14(18)13-8-4-5-9-16-13/h2-9H,10H2,1H3. The van der Waals surface area contributed by atoms with Crippen LogP contribution >= 0.6 is 11.6 Å². The molecular formula is C14H13ClN2O. The molecule has 92 valence electrons. The minimum Gasteiger partial charge on any atom is -0.336 e. The number of nitrogens with zero attached hydrogens (tertiary/aromatic N) is 2. The van der Waals surface area contributed by atoms with Crippen LogP contribution in [-0.2, 0) is 6.54 Å². The molecule has 1 aromatic heterocycles. The molecule has 0 unspecified atom stereocenters. The number of carbonyl (C=O) groups is 1. The van der Waals surface area contributed by atoms with Crippen molar-refractivity contribution in [1.29, 1.82) is 0 Å². The van der Waals surface area contributed by atoms with Gasteiger partial charge in [0.15, 0.2) is 0 Å². The van der Waals surface area contributed by atoms with E-state index in [0.717, 1.165) is 5.56 Å². The van der Waals surface area contributed by atoms with Gasteiger partial charge in [0.1, 0.15) is 5.69 Å². The number of pyridine rings is 1. The van der Waals surface area contributed by atoms with Crippen molar-refractivity contribution in [2.24, 2.45) is 0 Å². The van der Waals surface area contributed by atoms with Crippen molar-refractivity contribution in [3.63, 3.8) is 0 Å². The lowest BCUT2D eigenvalue weighted by atomic mass is 10.2. The first-order valence-electron chi connectivity index (χ1n) is 5.58. The van der Waals surface area contributed by atoms with Crippen LogP contribution in [0.15, 0.2) is 48.7 Å². The predicted octanol–water partition coefficient (Wildman–Crippen LogP) is 3.01. The smallest absolute Gasteiger partial charge is 0.272 e. The van der Waals surface area contributed by atoms with E-state index in [9.17, 15) is 4.79 Å². The summed E-state index contributed by atoms with van der Waals surface area (Å²) in [6, 6.07) is 12.8. The third-order valence-corrected chi connectivity index (χ3v) is 2.96. The van der Waals surface area contributed by atoms with Gasteiger partial charge in [-0.05, 0) is 23.8 Å². The summed E-state index contributed by atoms with van der Waals surface area (Å²) in [6.07, 6.45) is 1.61. The Hall–Kier alpha value is -1.87. The second-order valence-electron chi connectivity index (χ2n) is 3.97. The topological polar surface area (TPSA) is 33.2 Å². The second kappa shape index (κ2) is 5.65.